The van der Waals surface area contributed by atoms with Crippen LogP contribution in [0.4, 0.5) is 0 Å². The predicted molar refractivity (Wildman–Crippen MR) is 79.2 cm³/mol. The third kappa shape index (κ3) is 1.93. The molecule has 20 heavy (non-hydrogen) atoms. The summed E-state index contributed by atoms with van der Waals surface area (Å²) in [6, 6.07) is 6.22. The highest BCUT2D eigenvalue weighted by atomic mass is 16.5. The summed E-state index contributed by atoms with van der Waals surface area (Å²) < 4.78 is 7.22. The molecule has 1 aromatic heterocycles. The van der Waals surface area contributed by atoms with Gasteiger partial charge >= 0.3 is 5.69 Å². The largest absolute Gasteiger partial charge is 0.494 e. The number of benzene rings is 1. The minimum absolute atomic E-state index is 0.0537. The van der Waals surface area contributed by atoms with Gasteiger partial charge in [0.2, 0.25) is 0 Å². The molecule has 5 heteroatoms. The van der Waals surface area contributed by atoms with Crippen LogP contribution in [0.2, 0.25) is 0 Å². The lowest BCUT2D eigenvalue weighted by molar-refractivity contribution is 0.152. The van der Waals surface area contributed by atoms with E-state index in [0.717, 1.165) is 30.4 Å². The summed E-state index contributed by atoms with van der Waals surface area (Å²) in [4.78, 5) is 17.7. The van der Waals surface area contributed by atoms with Crippen LogP contribution in [0.5, 0.6) is 5.75 Å². The van der Waals surface area contributed by atoms with E-state index < -0.39 is 0 Å². The van der Waals surface area contributed by atoms with E-state index in [1.165, 1.54) is 0 Å². The molecule has 1 unspecified atom stereocenters. The van der Waals surface area contributed by atoms with Crippen molar-refractivity contribution in [3.8, 4) is 5.75 Å². The van der Waals surface area contributed by atoms with Crippen LogP contribution in [0.3, 0.4) is 0 Å². The Morgan fingerprint density at radius 1 is 1.40 bits per heavy atom. The number of imidazole rings is 1. The average molecular weight is 275 g/mol. The number of rotatable bonds is 3. The van der Waals surface area contributed by atoms with E-state index in [1.54, 1.807) is 7.11 Å². The quantitative estimate of drug-likeness (QED) is 0.935. The molecule has 1 aromatic carbocycles. The molecule has 0 bridgehead atoms. The first-order chi connectivity index (χ1) is 9.63. The molecule has 0 radical (unpaired) electrons. The fraction of sp³-hybridized carbons (Fsp3) is 0.533. The third-order valence-electron chi connectivity index (χ3n) is 4.16. The van der Waals surface area contributed by atoms with E-state index in [4.69, 9.17) is 4.74 Å². The fourth-order valence-corrected chi connectivity index (χ4v) is 3.24. The number of para-hydroxylation sites is 1. The van der Waals surface area contributed by atoms with Gasteiger partial charge in [0.25, 0.3) is 0 Å². The van der Waals surface area contributed by atoms with Crippen molar-refractivity contribution in [1.82, 2.24) is 14.5 Å². The van der Waals surface area contributed by atoms with Gasteiger partial charge in [0, 0.05) is 12.6 Å². The van der Waals surface area contributed by atoms with Crippen LogP contribution in [-0.4, -0.2) is 34.1 Å². The second-order valence-corrected chi connectivity index (χ2v) is 5.61. The van der Waals surface area contributed by atoms with Gasteiger partial charge in [-0.05, 0) is 38.8 Å². The minimum atomic E-state index is -0.0537. The molecule has 2 heterocycles. The first-order valence-corrected chi connectivity index (χ1v) is 7.16. The number of hydrogen-bond acceptors (Lipinski definition) is 3. The first-order valence-electron chi connectivity index (χ1n) is 7.16. The van der Waals surface area contributed by atoms with Gasteiger partial charge in [-0.25, -0.2) is 4.79 Å². The number of nitrogens with zero attached hydrogens (tertiary/aromatic N) is 2. The molecule has 108 valence electrons. The van der Waals surface area contributed by atoms with Gasteiger partial charge in [-0.15, -0.1) is 0 Å². The summed E-state index contributed by atoms with van der Waals surface area (Å²) >= 11 is 0. The van der Waals surface area contributed by atoms with Crippen molar-refractivity contribution in [2.24, 2.45) is 0 Å². The van der Waals surface area contributed by atoms with E-state index in [-0.39, 0.29) is 11.9 Å². The van der Waals surface area contributed by atoms with Crippen molar-refractivity contribution in [2.45, 2.75) is 38.9 Å². The molecule has 0 saturated carbocycles. The van der Waals surface area contributed by atoms with Gasteiger partial charge in [-0.2, -0.15) is 0 Å². The second-order valence-electron chi connectivity index (χ2n) is 5.61. The summed E-state index contributed by atoms with van der Waals surface area (Å²) in [6.45, 7) is 5.41. The Bertz CT molecular complexity index is 671. The highest BCUT2D eigenvalue weighted by Gasteiger charge is 2.30. The van der Waals surface area contributed by atoms with Crippen LogP contribution in [0.1, 0.15) is 32.9 Å². The summed E-state index contributed by atoms with van der Waals surface area (Å²) in [6.07, 6.45) is 2.29. The SMILES string of the molecule is COc1cccc2c1[nH]c(=O)n2C1CCCN1C(C)C. The molecule has 0 aliphatic carbocycles. The van der Waals surface area contributed by atoms with E-state index in [1.807, 2.05) is 22.8 Å². The van der Waals surface area contributed by atoms with Crippen LogP contribution in [0.15, 0.2) is 23.0 Å². The summed E-state index contributed by atoms with van der Waals surface area (Å²) in [5.74, 6) is 0.715. The Morgan fingerprint density at radius 3 is 2.90 bits per heavy atom. The van der Waals surface area contributed by atoms with E-state index in [9.17, 15) is 4.79 Å². The summed E-state index contributed by atoms with van der Waals surface area (Å²) in [7, 11) is 1.63. The number of hydrogen-bond donors (Lipinski definition) is 1. The lowest BCUT2D eigenvalue weighted by atomic mass is 10.2. The Balaban J connectivity index is 2.17. The van der Waals surface area contributed by atoms with Crippen LogP contribution in [0, 0.1) is 0 Å². The highest BCUT2D eigenvalue weighted by Crippen LogP contribution is 2.32. The van der Waals surface area contributed by atoms with Crippen LogP contribution >= 0.6 is 0 Å². The van der Waals surface area contributed by atoms with Gasteiger partial charge < -0.3 is 9.72 Å². The fourth-order valence-electron chi connectivity index (χ4n) is 3.24. The van der Waals surface area contributed by atoms with Gasteiger partial charge in [-0.3, -0.25) is 9.47 Å². The number of aromatic nitrogens is 2. The van der Waals surface area contributed by atoms with Gasteiger partial charge in [0.05, 0.1) is 18.8 Å². The zero-order valence-corrected chi connectivity index (χ0v) is 12.2. The molecule has 5 nitrogen and oxygen atoms in total. The number of nitrogens with one attached hydrogen (secondary N) is 1. The maximum atomic E-state index is 12.4. The Labute approximate surface area is 118 Å². The number of methoxy groups -OCH3 is 1. The van der Waals surface area contributed by atoms with Crippen LogP contribution in [-0.2, 0) is 0 Å². The van der Waals surface area contributed by atoms with Crippen molar-refractivity contribution in [3.63, 3.8) is 0 Å². The smallest absolute Gasteiger partial charge is 0.327 e. The summed E-state index contributed by atoms with van der Waals surface area (Å²) in [5, 5.41) is 0. The number of likely N-dealkylation sites (tertiary alicyclic amines) is 1. The van der Waals surface area contributed by atoms with Crippen molar-refractivity contribution in [3.05, 3.63) is 28.7 Å². The van der Waals surface area contributed by atoms with Gasteiger partial charge in [-0.1, -0.05) is 6.07 Å². The number of fused-ring (bicyclic) bond motifs is 1. The third-order valence-corrected chi connectivity index (χ3v) is 4.16. The van der Waals surface area contributed by atoms with Crippen LogP contribution < -0.4 is 10.4 Å². The number of ether oxygens (including phenoxy) is 1. The Kier molecular flexibility index (Phi) is 3.30. The summed E-state index contributed by atoms with van der Waals surface area (Å²) in [5.41, 5.74) is 1.66. The monoisotopic (exact) mass is 275 g/mol. The van der Waals surface area contributed by atoms with Gasteiger partial charge in [0.15, 0.2) is 0 Å². The van der Waals surface area contributed by atoms with Crippen molar-refractivity contribution < 1.29 is 4.74 Å². The first kappa shape index (κ1) is 13.2. The molecule has 1 fully saturated rings. The zero-order chi connectivity index (χ0) is 14.3. The zero-order valence-electron chi connectivity index (χ0n) is 12.2. The maximum absolute atomic E-state index is 12.4. The lowest BCUT2D eigenvalue weighted by Gasteiger charge is -2.29. The molecular weight excluding hydrogens is 254 g/mol. The molecule has 1 saturated heterocycles. The normalized spacial score (nSPS) is 20.1. The van der Waals surface area contributed by atoms with Crippen LogP contribution in [0.25, 0.3) is 11.0 Å². The average Bonchev–Trinajstić information content (AvgIpc) is 3.00. The Hall–Kier alpha value is -1.75. The lowest BCUT2D eigenvalue weighted by Crippen LogP contribution is -2.37. The Morgan fingerprint density at radius 2 is 2.20 bits per heavy atom. The number of aromatic amines is 1. The molecule has 1 N–H and O–H groups in total. The molecule has 1 atom stereocenters. The molecule has 2 aromatic rings. The van der Waals surface area contributed by atoms with E-state index >= 15 is 0 Å². The standard InChI is InChI=1S/C15H21N3O2/c1-10(2)17-9-5-8-13(17)18-11-6-4-7-12(20-3)14(11)16-15(18)19/h4,6-7,10,13H,5,8-9H2,1-3H3,(H,16,19). The predicted octanol–water partition coefficient (Wildman–Crippen LogP) is 2.34. The van der Waals surface area contributed by atoms with Crippen molar-refractivity contribution in [2.75, 3.05) is 13.7 Å². The van der Waals surface area contributed by atoms with Gasteiger partial charge in [0.1, 0.15) is 11.3 Å². The molecule has 1 aliphatic heterocycles. The molecular formula is C15H21N3O2. The molecule has 3 rings (SSSR count). The second kappa shape index (κ2) is 4.98. The highest BCUT2D eigenvalue weighted by molar-refractivity contribution is 5.82. The minimum Gasteiger partial charge on any atom is -0.494 e. The van der Waals surface area contributed by atoms with Crippen molar-refractivity contribution >= 4 is 11.0 Å². The van der Waals surface area contributed by atoms with Crippen molar-refractivity contribution in [1.29, 1.82) is 0 Å². The number of H-pyrrole nitrogens is 1. The van der Waals surface area contributed by atoms with E-state index in [2.05, 4.69) is 23.7 Å². The molecule has 0 amide bonds. The molecule has 0 spiro atoms. The topological polar surface area (TPSA) is 50.3 Å². The maximum Gasteiger partial charge on any atom is 0.327 e. The van der Waals surface area contributed by atoms with E-state index in [0.29, 0.717) is 11.8 Å². The molecule has 1 aliphatic rings.